The second kappa shape index (κ2) is 6.19. The van der Waals surface area contributed by atoms with Crippen LogP contribution in [0.3, 0.4) is 0 Å². The Labute approximate surface area is 160 Å². The Bertz CT molecular complexity index is 1220. The molecule has 0 aliphatic carbocycles. The highest BCUT2D eigenvalue weighted by molar-refractivity contribution is 6.07. The van der Waals surface area contributed by atoms with Crippen LogP contribution in [-0.2, 0) is 6.54 Å². The van der Waals surface area contributed by atoms with Crippen LogP contribution in [0.5, 0.6) is 11.6 Å². The standard InChI is InChI=1S/C20H17FN6O/c1-11-3-2-4-15(26-11)28-14-6-5-12(9-13(14)21)16-17-18(22)24-10-25-20(17)27-8-7-23-19(16)27/h2-6,9-10,23H,7-8H2,1H3,(H2,22,24,25). The lowest BCUT2D eigenvalue weighted by Crippen LogP contribution is -1.99. The molecular weight excluding hydrogens is 359 g/mol. The molecule has 0 spiro atoms. The van der Waals surface area contributed by atoms with Crippen molar-refractivity contribution in [2.24, 2.45) is 0 Å². The number of nitrogen functional groups attached to an aromatic ring is 1. The van der Waals surface area contributed by atoms with Crippen LogP contribution in [0.1, 0.15) is 5.69 Å². The average Bonchev–Trinajstić information content (AvgIpc) is 3.25. The molecule has 8 heteroatoms. The molecule has 4 heterocycles. The lowest BCUT2D eigenvalue weighted by atomic mass is 10.0. The molecule has 0 unspecified atom stereocenters. The molecule has 5 rings (SSSR count). The Morgan fingerprint density at radius 2 is 2.11 bits per heavy atom. The summed E-state index contributed by atoms with van der Waals surface area (Å²) in [6.07, 6.45) is 1.44. The molecule has 7 nitrogen and oxygen atoms in total. The van der Waals surface area contributed by atoms with Gasteiger partial charge in [0, 0.05) is 30.4 Å². The van der Waals surface area contributed by atoms with Crippen molar-refractivity contribution in [3.8, 4) is 22.8 Å². The van der Waals surface area contributed by atoms with Crippen molar-refractivity contribution in [2.45, 2.75) is 13.5 Å². The number of aryl methyl sites for hydroxylation is 1. The predicted molar refractivity (Wildman–Crippen MR) is 105 cm³/mol. The summed E-state index contributed by atoms with van der Waals surface area (Å²) in [6, 6.07) is 10.2. The van der Waals surface area contributed by atoms with Gasteiger partial charge in [-0.2, -0.15) is 0 Å². The third kappa shape index (κ3) is 2.53. The fourth-order valence-corrected chi connectivity index (χ4v) is 3.59. The van der Waals surface area contributed by atoms with E-state index < -0.39 is 5.82 Å². The van der Waals surface area contributed by atoms with Crippen LogP contribution in [-0.4, -0.2) is 26.1 Å². The first kappa shape index (κ1) is 16.5. The number of anilines is 2. The highest BCUT2D eigenvalue weighted by atomic mass is 19.1. The molecule has 0 saturated heterocycles. The predicted octanol–water partition coefficient (Wildman–Crippen LogP) is 3.74. The van der Waals surface area contributed by atoms with Gasteiger partial charge in [-0.15, -0.1) is 0 Å². The summed E-state index contributed by atoms with van der Waals surface area (Å²) in [5.41, 5.74) is 9.14. The van der Waals surface area contributed by atoms with E-state index in [9.17, 15) is 4.39 Å². The number of halogens is 1. The Morgan fingerprint density at radius 1 is 1.21 bits per heavy atom. The summed E-state index contributed by atoms with van der Waals surface area (Å²) >= 11 is 0. The lowest BCUT2D eigenvalue weighted by molar-refractivity contribution is 0.427. The Balaban J connectivity index is 1.61. The number of ether oxygens (including phenoxy) is 1. The fraction of sp³-hybridized carbons (Fsp3) is 0.150. The molecule has 0 atom stereocenters. The number of fused-ring (bicyclic) bond motifs is 3. The van der Waals surface area contributed by atoms with Gasteiger partial charge >= 0.3 is 0 Å². The van der Waals surface area contributed by atoms with E-state index in [2.05, 4.69) is 20.3 Å². The number of rotatable bonds is 3. The second-order valence-corrected chi connectivity index (χ2v) is 6.62. The maximum absolute atomic E-state index is 14.8. The zero-order chi connectivity index (χ0) is 19.3. The molecule has 0 saturated carbocycles. The van der Waals surface area contributed by atoms with Gasteiger partial charge in [-0.25, -0.2) is 19.3 Å². The van der Waals surface area contributed by atoms with Gasteiger partial charge in [-0.05, 0) is 30.7 Å². The molecule has 4 aromatic rings. The maximum atomic E-state index is 14.8. The van der Waals surface area contributed by atoms with E-state index in [0.29, 0.717) is 17.3 Å². The molecule has 1 aliphatic rings. The largest absolute Gasteiger partial charge is 0.436 e. The van der Waals surface area contributed by atoms with Crippen LogP contribution in [0.4, 0.5) is 16.0 Å². The zero-order valence-electron chi connectivity index (χ0n) is 15.1. The van der Waals surface area contributed by atoms with E-state index in [0.717, 1.165) is 41.2 Å². The molecule has 140 valence electrons. The van der Waals surface area contributed by atoms with Crippen LogP contribution in [0.15, 0.2) is 42.7 Å². The van der Waals surface area contributed by atoms with Gasteiger partial charge in [0.15, 0.2) is 11.6 Å². The van der Waals surface area contributed by atoms with Crippen LogP contribution in [0.25, 0.3) is 22.2 Å². The van der Waals surface area contributed by atoms with E-state index in [1.54, 1.807) is 18.2 Å². The number of nitrogens with one attached hydrogen (secondary N) is 1. The third-order valence-electron chi connectivity index (χ3n) is 4.79. The highest BCUT2D eigenvalue weighted by Gasteiger charge is 2.25. The molecule has 3 N–H and O–H groups in total. The van der Waals surface area contributed by atoms with Gasteiger partial charge in [-0.3, -0.25) is 0 Å². The van der Waals surface area contributed by atoms with Crippen LogP contribution in [0, 0.1) is 12.7 Å². The molecule has 0 amide bonds. The minimum absolute atomic E-state index is 0.110. The number of hydrogen-bond acceptors (Lipinski definition) is 6. The van der Waals surface area contributed by atoms with E-state index in [1.807, 2.05) is 23.6 Å². The van der Waals surface area contributed by atoms with Crippen molar-refractivity contribution in [2.75, 3.05) is 17.6 Å². The van der Waals surface area contributed by atoms with E-state index in [1.165, 1.54) is 12.4 Å². The van der Waals surface area contributed by atoms with Crippen LogP contribution < -0.4 is 15.8 Å². The Hall–Kier alpha value is -3.68. The van der Waals surface area contributed by atoms with Gasteiger partial charge < -0.3 is 20.4 Å². The number of nitrogens with two attached hydrogens (primary N) is 1. The van der Waals surface area contributed by atoms with E-state index >= 15 is 0 Å². The van der Waals surface area contributed by atoms with Gasteiger partial charge in [0.25, 0.3) is 0 Å². The zero-order valence-corrected chi connectivity index (χ0v) is 15.1. The first-order chi connectivity index (χ1) is 13.6. The quantitative estimate of drug-likeness (QED) is 0.566. The van der Waals surface area contributed by atoms with Crippen molar-refractivity contribution in [3.63, 3.8) is 0 Å². The summed E-state index contributed by atoms with van der Waals surface area (Å²) in [6.45, 7) is 3.40. The molecule has 0 radical (unpaired) electrons. The first-order valence-electron chi connectivity index (χ1n) is 8.90. The van der Waals surface area contributed by atoms with Crippen molar-refractivity contribution >= 4 is 22.7 Å². The molecule has 1 aromatic carbocycles. The van der Waals surface area contributed by atoms with Crippen LogP contribution >= 0.6 is 0 Å². The SMILES string of the molecule is Cc1cccc(Oc2ccc(-c3c4n(c5ncnc(N)c35)CCN4)cc2F)n1. The number of aromatic nitrogens is 4. The van der Waals surface area contributed by atoms with Gasteiger partial charge in [0.05, 0.1) is 5.39 Å². The summed E-state index contributed by atoms with van der Waals surface area (Å²) < 4.78 is 22.5. The Kier molecular flexibility index (Phi) is 3.65. The van der Waals surface area contributed by atoms with Crippen LogP contribution in [0.2, 0.25) is 0 Å². The normalized spacial score (nSPS) is 12.8. The average molecular weight is 376 g/mol. The minimum Gasteiger partial charge on any atom is -0.436 e. The molecule has 0 bridgehead atoms. The monoisotopic (exact) mass is 376 g/mol. The summed E-state index contributed by atoms with van der Waals surface area (Å²) in [5, 5.41) is 4.06. The highest BCUT2D eigenvalue weighted by Crippen LogP contribution is 2.42. The van der Waals surface area contributed by atoms with Gasteiger partial charge in [-0.1, -0.05) is 12.1 Å². The summed E-state index contributed by atoms with van der Waals surface area (Å²) in [4.78, 5) is 12.7. The molecular formula is C20H17FN6O. The summed E-state index contributed by atoms with van der Waals surface area (Å²) in [7, 11) is 0. The molecule has 1 aliphatic heterocycles. The van der Waals surface area contributed by atoms with Crippen molar-refractivity contribution in [3.05, 3.63) is 54.2 Å². The van der Waals surface area contributed by atoms with Crippen molar-refractivity contribution in [1.82, 2.24) is 19.5 Å². The fourth-order valence-electron chi connectivity index (χ4n) is 3.59. The van der Waals surface area contributed by atoms with E-state index in [-0.39, 0.29) is 5.75 Å². The topological polar surface area (TPSA) is 90.9 Å². The second-order valence-electron chi connectivity index (χ2n) is 6.62. The maximum Gasteiger partial charge on any atom is 0.219 e. The Morgan fingerprint density at radius 3 is 2.93 bits per heavy atom. The first-order valence-corrected chi connectivity index (χ1v) is 8.90. The third-order valence-corrected chi connectivity index (χ3v) is 4.79. The number of nitrogens with zero attached hydrogens (tertiary/aromatic N) is 4. The number of benzene rings is 1. The summed E-state index contributed by atoms with van der Waals surface area (Å²) in [5.74, 6) is 1.21. The molecule has 0 fully saturated rings. The van der Waals surface area contributed by atoms with Gasteiger partial charge in [0.2, 0.25) is 5.88 Å². The molecule has 28 heavy (non-hydrogen) atoms. The lowest BCUT2D eigenvalue weighted by Gasteiger charge is -2.09. The van der Waals surface area contributed by atoms with E-state index in [4.69, 9.17) is 10.5 Å². The van der Waals surface area contributed by atoms with Crippen molar-refractivity contribution < 1.29 is 9.13 Å². The minimum atomic E-state index is -0.484. The number of hydrogen-bond donors (Lipinski definition) is 2. The van der Waals surface area contributed by atoms with Gasteiger partial charge in [0.1, 0.15) is 23.6 Å². The van der Waals surface area contributed by atoms with Crippen molar-refractivity contribution in [1.29, 1.82) is 0 Å². The number of pyridine rings is 1. The molecule has 3 aromatic heterocycles. The smallest absolute Gasteiger partial charge is 0.219 e.